The number of nitrogens with zero attached hydrogens (tertiary/aromatic N) is 2. The molecule has 2 N–H and O–H groups in total. The third kappa shape index (κ3) is 1.64. The molecule has 0 aromatic heterocycles. The Labute approximate surface area is 100 Å². The second-order valence-corrected chi connectivity index (χ2v) is 4.67. The fourth-order valence-electron chi connectivity index (χ4n) is 2.82. The summed E-state index contributed by atoms with van der Waals surface area (Å²) in [5.41, 5.74) is 2.04. The minimum atomic E-state index is -0.0144. The van der Waals surface area contributed by atoms with E-state index in [1.165, 1.54) is 0 Å². The van der Waals surface area contributed by atoms with E-state index in [9.17, 15) is 10.2 Å². The molecule has 90 valence electrons. The van der Waals surface area contributed by atoms with Crippen LogP contribution in [0.15, 0.2) is 17.1 Å². The van der Waals surface area contributed by atoms with E-state index in [2.05, 4.69) is 9.89 Å². The van der Waals surface area contributed by atoms with Gasteiger partial charge >= 0.3 is 0 Å². The molecule has 1 aromatic carbocycles. The van der Waals surface area contributed by atoms with Crippen LogP contribution in [0.1, 0.15) is 30.0 Å². The summed E-state index contributed by atoms with van der Waals surface area (Å²) in [6.45, 7) is 1.81. The zero-order chi connectivity index (χ0) is 11.8. The second kappa shape index (κ2) is 3.95. The number of benzene rings is 1. The first kappa shape index (κ1) is 10.4. The Kier molecular flexibility index (Phi) is 2.42. The number of aliphatic imine (C=N–C) groups is 1. The summed E-state index contributed by atoms with van der Waals surface area (Å²) in [5.74, 6) is 0.0443. The summed E-state index contributed by atoms with van der Waals surface area (Å²) >= 11 is 0. The van der Waals surface area contributed by atoms with Gasteiger partial charge < -0.3 is 15.1 Å². The fourth-order valence-corrected chi connectivity index (χ4v) is 2.82. The van der Waals surface area contributed by atoms with Gasteiger partial charge in [0.25, 0.3) is 0 Å². The maximum Gasteiger partial charge on any atom is 0.161 e. The maximum absolute atomic E-state index is 9.90. The topological polar surface area (TPSA) is 56.1 Å². The minimum absolute atomic E-state index is 0.0144. The molecule has 1 aliphatic carbocycles. The lowest BCUT2D eigenvalue weighted by atomic mass is 9.86. The molecule has 2 aliphatic rings. The van der Waals surface area contributed by atoms with E-state index in [4.69, 9.17) is 0 Å². The van der Waals surface area contributed by atoms with Crippen LogP contribution in [-0.4, -0.2) is 34.5 Å². The van der Waals surface area contributed by atoms with Gasteiger partial charge in [-0.2, -0.15) is 0 Å². The van der Waals surface area contributed by atoms with Gasteiger partial charge in [0, 0.05) is 12.1 Å². The summed E-state index contributed by atoms with van der Waals surface area (Å²) in [7, 11) is 0. The third-order valence-electron chi connectivity index (χ3n) is 3.68. The van der Waals surface area contributed by atoms with E-state index >= 15 is 0 Å². The van der Waals surface area contributed by atoms with Crippen LogP contribution in [0, 0.1) is 0 Å². The van der Waals surface area contributed by atoms with Crippen molar-refractivity contribution in [1.29, 1.82) is 0 Å². The van der Waals surface area contributed by atoms with Gasteiger partial charge in [0.2, 0.25) is 0 Å². The largest absolute Gasteiger partial charge is 0.504 e. The van der Waals surface area contributed by atoms with Gasteiger partial charge in [-0.15, -0.1) is 0 Å². The first-order chi connectivity index (χ1) is 8.27. The molecular weight excluding hydrogens is 216 g/mol. The molecule has 0 saturated carbocycles. The number of rotatable bonds is 1. The summed E-state index contributed by atoms with van der Waals surface area (Å²) in [5, 5.41) is 19.4. The highest BCUT2D eigenvalue weighted by atomic mass is 16.3. The van der Waals surface area contributed by atoms with Crippen molar-refractivity contribution in [3.05, 3.63) is 23.3 Å². The van der Waals surface area contributed by atoms with Crippen molar-refractivity contribution in [2.45, 2.75) is 25.3 Å². The monoisotopic (exact) mass is 232 g/mol. The van der Waals surface area contributed by atoms with E-state index in [1.807, 2.05) is 12.4 Å². The number of fused-ring (bicyclic) bond motifs is 1. The lowest BCUT2D eigenvalue weighted by Gasteiger charge is -2.32. The standard InChI is InChI=1S/C13H16N2O2/c16-12-5-4-9-10(13(12)17)2-1-3-11(9)15-7-6-14-8-15/h4-5,8,11,16-17H,1-3,6-7H2. The van der Waals surface area contributed by atoms with Crippen molar-refractivity contribution < 1.29 is 10.2 Å². The van der Waals surface area contributed by atoms with Crippen LogP contribution in [-0.2, 0) is 6.42 Å². The summed E-state index contributed by atoms with van der Waals surface area (Å²) < 4.78 is 0. The first-order valence-electron chi connectivity index (χ1n) is 6.07. The number of phenols is 2. The van der Waals surface area contributed by atoms with Gasteiger partial charge in [0.1, 0.15) is 0 Å². The predicted octanol–water partition coefficient (Wildman–Crippen LogP) is 1.82. The average Bonchev–Trinajstić information content (AvgIpc) is 2.87. The fraction of sp³-hybridized carbons (Fsp3) is 0.462. The van der Waals surface area contributed by atoms with E-state index in [1.54, 1.807) is 6.07 Å². The number of hydrogen-bond donors (Lipinski definition) is 2. The average molecular weight is 232 g/mol. The Balaban J connectivity index is 2.02. The molecule has 3 rings (SSSR count). The van der Waals surface area contributed by atoms with E-state index in [-0.39, 0.29) is 11.5 Å². The van der Waals surface area contributed by atoms with Crippen molar-refractivity contribution in [3.8, 4) is 11.5 Å². The van der Waals surface area contributed by atoms with Crippen LogP contribution < -0.4 is 0 Å². The Hall–Kier alpha value is -1.71. The number of aromatic hydroxyl groups is 2. The molecule has 1 heterocycles. The molecule has 0 saturated heterocycles. The molecule has 4 heteroatoms. The number of phenolic OH excluding ortho intramolecular Hbond substituents is 2. The summed E-state index contributed by atoms with van der Waals surface area (Å²) in [4.78, 5) is 6.47. The van der Waals surface area contributed by atoms with Crippen LogP contribution in [0.4, 0.5) is 0 Å². The van der Waals surface area contributed by atoms with Crippen LogP contribution in [0.25, 0.3) is 0 Å². The molecule has 0 bridgehead atoms. The SMILES string of the molecule is Oc1ccc2c(c1O)CCCC2N1C=NCC1. The molecule has 4 nitrogen and oxygen atoms in total. The van der Waals surface area contributed by atoms with Crippen LogP contribution in [0.2, 0.25) is 0 Å². The van der Waals surface area contributed by atoms with Crippen LogP contribution >= 0.6 is 0 Å². The van der Waals surface area contributed by atoms with Crippen LogP contribution in [0.3, 0.4) is 0 Å². The lowest BCUT2D eigenvalue weighted by Crippen LogP contribution is -2.28. The van der Waals surface area contributed by atoms with Gasteiger partial charge in [-0.05, 0) is 30.9 Å². The van der Waals surface area contributed by atoms with Crippen molar-refractivity contribution in [3.63, 3.8) is 0 Å². The minimum Gasteiger partial charge on any atom is -0.504 e. The maximum atomic E-state index is 9.90. The van der Waals surface area contributed by atoms with Crippen molar-refractivity contribution in [2.24, 2.45) is 4.99 Å². The van der Waals surface area contributed by atoms with Gasteiger partial charge in [0.05, 0.1) is 18.9 Å². The Morgan fingerprint density at radius 1 is 1.29 bits per heavy atom. The summed E-state index contributed by atoms with van der Waals surface area (Å²) in [6.07, 6.45) is 4.88. The molecule has 1 aliphatic heterocycles. The molecule has 17 heavy (non-hydrogen) atoms. The third-order valence-corrected chi connectivity index (χ3v) is 3.68. The van der Waals surface area contributed by atoms with E-state index in [0.717, 1.165) is 43.5 Å². The molecule has 0 spiro atoms. The molecule has 1 unspecified atom stereocenters. The Bertz CT molecular complexity index is 471. The molecule has 0 radical (unpaired) electrons. The smallest absolute Gasteiger partial charge is 0.161 e. The van der Waals surface area contributed by atoms with E-state index in [0.29, 0.717) is 6.04 Å². The highest BCUT2D eigenvalue weighted by Gasteiger charge is 2.28. The van der Waals surface area contributed by atoms with Crippen molar-refractivity contribution >= 4 is 6.34 Å². The van der Waals surface area contributed by atoms with Gasteiger partial charge in [-0.1, -0.05) is 6.07 Å². The Morgan fingerprint density at radius 2 is 2.18 bits per heavy atom. The van der Waals surface area contributed by atoms with Gasteiger partial charge in [0.15, 0.2) is 11.5 Å². The van der Waals surface area contributed by atoms with E-state index < -0.39 is 0 Å². The molecule has 1 aromatic rings. The molecule has 1 atom stereocenters. The van der Waals surface area contributed by atoms with Crippen molar-refractivity contribution in [1.82, 2.24) is 4.90 Å². The highest BCUT2D eigenvalue weighted by molar-refractivity contribution is 5.60. The normalized spacial score (nSPS) is 22.8. The molecule has 0 fully saturated rings. The second-order valence-electron chi connectivity index (χ2n) is 4.67. The van der Waals surface area contributed by atoms with Crippen LogP contribution in [0.5, 0.6) is 11.5 Å². The zero-order valence-electron chi connectivity index (χ0n) is 9.63. The summed E-state index contributed by atoms with van der Waals surface area (Å²) in [6, 6.07) is 3.82. The quantitative estimate of drug-likeness (QED) is 0.726. The van der Waals surface area contributed by atoms with Gasteiger partial charge in [-0.25, -0.2) is 0 Å². The molecule has 0 amide bonds. The van der Waals surface area contributed by atoms with Gasteiger partial charge in [-0.3, -0.25) is 4.99 Å². The lowest BCUT2D eigenvalue weighted by molar-refractivity contribution is 0.307. The Morgan fingerprint density at radius 3 is 2.94 bits per heavy atom. The first-order valence-corrected chi connectivity index (χ1v) is 6.07. The zero-order valence-corrected chi connectivity index (χ0v) is 9.63. The van der Waals surface area contributed by atoms with Crippen molar-refractivity contribution in [2.75, 3.05) is 13.1 Å². The number of hydrogen-bond acceptors (Lipinski definition) is 4. The molecular formula is C13H16N2O2. The highest BCUT2D eigenvalue weighted by Crippen LogP contribution is 2.41. The predicted molar refractivity (Wildman–Crippen MR) is 65.5 cm³/mol.